The van der Waals surface area contributed by atoms with Gasteiger partial charge in [0.15, 0.2) is 0 Å². The third kappa shape index (κ3) is 5.08. The molecule has 3 N–H and O–H groups in total. The third-order valence-corrected chi connectivity index (χ3v) is 3.23. The lowest BCUT2D eigenvalue weighted by molar-refractivity contribution is 0.0692. The maximum atomic E-state index is 13.4. The molecule has 0 heterocycles. The van der Waals surface area contributed by atoms with Crippen molar-refractivity contribution in [2.75, 3.05) is 17.3 Å². The van der Waals surface area contributed by atoms with Gasteiger partial charge in [0.2, 0.25) is 0 Å². The molecule has 0 bridgehead atoms. The van der Waals surface area contributed by atoms with Crippen molar-refractivity contribution < 1.29 is 19.1 Å². The minimum Gasteiger partial charge on any atom is -0.478 e. The monoisotopic (exact) mass is 300 g/mol. The van der Waals surface area contributed by atoms with Crippen LogP contribution in [0, 0.1) is 5.82 Å². The Bertz CT molecular complexity index is 497. The molecule has 0 radical (unpaired) electrons. The number of anilines is 1. The molecule has 0 aromatic heterocycles. The molecule has 20 heavy (non-hydrogen) atoms. The number of hydrogen-bond donors (Lipinski definition) is 3. The molecule has 0 aliphatic rings. The van der Waals surface area contributed by atoms with E-state index in [1.165, 1.54) is 6.07 Å². The fourth-order valence-corrected chi connectivity index (χ4v) is 2.11. The summed E-state index contributed by atoms with van der Waals surface area (Å²) in [6, 6.07) is 3.00. The molecule has 5 nitrogen and oxygen atoms in total. The summed E-state index contributed by atoms with van der Waals surface area (Å²) in [5.41, 5.74) is -0.216. The number of hydrogen-bond acceptors (Lipinski definition) is 3. The summed E-state index contributed by atoms with van der Waals surface area (Å²) in [6.07, 6.45) is 2.82. The zero-order chi connectivity index (χ0) is 15.1. The van der Waals surface area contributed by atoms with Crippen LogP contribution < -0.4 is 10.6 Å². The minimum absolute atomic E-state index is 0.00518. The Hall–Kier alpha value is -1.76. The van der Waals surface area contributed by atoms with Crippen molar-refractivity contribution in [2.24, 2.45) is 0 Å². The zero-order valence-corrected chi connectivity index (χ0v) is 12.1. The molecule has 1 unspecified atom stereocenters. The second-order valence-corrected chi connectivity index (χ2v) is 5.27. The van der Waals surface area contributed by atoms with Gasteiger partial charge in [-0.15, -0.1) is 0 Å². The van der Waals surface area contributed by atoms with E-state index < -0.39 is 23.4 Å². The molecular weight excluding hydrogens is 283 g/mol. The maximum absolute atomic E-state index is 13.4. The number of rotatable bonds is 6. The fourth-order valence-electron chi connectivity index (χ4n) is 1.52. The van der Waals surface area contributed by atoms with Gasteiger partial charge in [-0.2, -0.15) is 11.8 Å². The first-order chi connectivity index (χ1) is 9.43. The number of carboxylic acids is 1. The van der Waals surface area contributed by atoms with E-state index in [9.17, 15) is 14.0 Å². The first-order valence-corrected chi connectivity index (χ1v) is 7.42. The highest BCUT2D eigenvalue weighted by molar-refractivity contribution is 7.98. The number of carbonyl (C=O) groups is 2. The number of amides is 2. The Morgan fingerprint density at radius 1 is 1.45 bits per heavy atom. The standard InChI is InChI=1S/C13H17FN2O3S/c1-8(5-6-20-2)15-13(19)16-9-3-4-10(12(17)18)11(14)7-9/h3-4,7-8H,5-6H2,1-2H3,(H,17,18)(H2,15,16,19). The molecule has 0 aliphatic carbocycles. The van der Waals surface area contributed by atoms with Crippen molar-refractivity contribution in [3.63, 3.8) is 0 Å². The number of nitrogens with one attached hydrogen (secondary N) is 2. The zero-order valence-electron chi connectivity index (χ0n) is 11.3. The Balaban J connectivity index is 2.58. The van der Waals surface area contributed by atoms with Gasteiger partial charge >= 0.3 is 12.0 Å². The quantitative estimate of drug-likeness (QED) is 0.755. The van der Waals surface area contributed by atoms with Gasteiger partial charge in [0, 0.05) is 11.7 Å². The summed E-state index contributed by atoms with van der Waals surface area (Å²) in [5, 5.41) is 13.9. The first kappa shape index (κ1) is 16.3. The van der Waals surface area contributed by atoms with E-state index >= 15 is 0 Å². The highest BCUT2D eigenvalue weighted by Gasteiger charge is 2.12. The molecule has 0 fully saturated rings. The molecule has 1 rings (SSSR count). The van der Waals surface area contributed by atoms with E-state index in [1.807, 2.05) is 13.2 Å². The van der Waals surface area contributed by atoms with Crippen LogP contribution in [-0.2, 0) is 0 Å². The molecule has 1 atom stereocenters. The van der Waals surface area contributed by atoms with Crippen molar-refractivity contribution in [2.45, 2.75) is 19.4 Å². The molecule has 1 aromatic rings. The Labute approximate surface area is 120 Å². The summed E-state index contributed by atoms with van der Waals surface area (Å²) < 4.78 is 13.4. The van der Waals surface area contributed by atoms with Crippen LogP contribution in [0.5, 0.6) is 0 Å². The predicted molar refractivity (Wildman–Crippen MR) is 78.0 cm³/mol. The molecule has 0 spiro atoms. The van der Waals surface area contributed by atoms with Gasteiger partial charge < -0.3 is 15.7 Å². The van der Waals surface area contributed by atoms with Crippen LogP contribution in [0.25, 0.3) is 0 Å². The van der Waals surface area contributed by atoms with Gasteiger partial charge in [-0.1, -0.05) is 0 Å². The van der Waals surface area contributed by atoms with Gasteiger partial charge in [-0.3, -0.25) is 0 Å². The largest absolute Gasteiger partial charge is 0.478 e. The highest BCUT2D eigenvalue weighted by Crippen LogP contribution is 2.14. The number of carboxylic acid groups (broad SMARTS) is 1. The van der Waals surface area contributed by atoms with E-state index in [0.29, 0.717) is 0 Å². The lowest BCUT2D eigenvalue weighted by Crippen LogP contribution is -2.36. The lowest BCUT2D eigenvalue weighted by atomic mass is 10.2. The number of aromatic carboxylic acids is 1. The average molecular weight is 300 g/mol. The summed E-state index contributed by atoms with van der Waals surface area (Å²) in [6.45, 7) is 1.88. The van der Waals surface area contributed by atoms with Crippen LogP contribution in [0.15, 0.2) is 18.2 Å². The van der Waals surface area contributed by atoms with Crippen LogP contribution in [-0.4, -0.2) is 35.2 Å². The topological polar surface area (TPSA) is 78.4 Å². The third-order valence-electron chi connectivity index (χ3n) is 2.59. The second kappa shape index (κ2) is 7.74. The van der Waals surface area contributed by atoms with Crippen LogP contribution in [0.2, 0.25) is 0 Å². The Kier molecular flexibility index (Phi) is 6.30. The summed E-state index contributed by atoms with van der Waals surface area (Å²) in [7, 11) is 0. The van der Waals surface area contributed by atoms with E-state index in [4.69, 9.17) is 5.11 Å². The van der Waals surface area contributed by atoms with Gasteiger partial charge in [-0.05, 0) is 43.6 Å². The van der Waals surface area contributed by atoms with Crippen molar-refractivity contribution in [3.05, 3.63) is 29.6 Å². The molecule has 7 heteroatoms. The van der Waals surface area contributed by atoms with Crippen molar-refractivity contribution in [3.8, 4) is 0 Å². The van der Waals surface area contributed by atoms with Crippen molar-refractivity contribution >= 4 is 29.4 Å². The van der Waals surface area contributed by atoms with Crippen LogP contribution in [0.4, 0.5) is 14.9 Å². The number of thioether (sulfide) groups is 1. The average Bonchev–Trinajstić information content (AvgIpc) is 2.35. The normalized spacial score (nSPS) is 11.8. The van der Waals surface area contributed by atoms with Gasteiger partial charge in [0.25, 0.3) is 0 Å². The van der Waals surface area contributed by atoms with Crippen LogP contribution in [0.3, 0.4) is 0 Å². The number of benzene rings is 1. The van der Waals surface area contributed by atoms with E-state index in [1.54, 1.807) is 11.8 Å². The van der Waals surface area contributed by atoms with E-state index in [-0.39, 0.29) is 11.7 Å². The van der Waals surface area contributed by atoms with Gasteiger partial charge in [-0.25, -0.2) is 14.0 Å². The summed E-state index contributed by atoms with van der Waals surface area (Å²) >= 11 is 1.69. The molecule has 110 valence electrons. The molecular formula is C13H17FN2O3S. The lowest BCUT2D eigenvalue weighted by Gasteiger charge is -2.14. The van der Waals surface area contributed by atoms with Crippen LogP contribution >= 0.6 is 11.8 Å². The molecule has 2 amide bonds. The van der Waals surface area contributed by atoms with Crippen LogP contribution in [0.1, 0.15) is 23.7 Å². The molecule has 1 aromatic carbocycles. The highest BCUT2D eigenvalue weighted by atomic mass is 32.2. The smallest absolute Gasteiger partial charge is 0.338 e. The summed E-state index contributed by atoms with van der Waals surface area (Å²) in [4.78, 5) is 22.3. The van der Waals surface area contributed by atoms with Gasteiger partial charge in [0.05, 0.1) is 5.56 Å². The van der Waals surface area contributed by atoms with Crippen molar-refractivity contribution in [1.29, 1.82) is 0 Å². The fraction of sp³-hybridized carbons (Fsp3) is 0.385. The van der Waals surface area contributed by atoms with Gasteiger partial charge in [0.1, 0.15) is 5.82 Å². The number of carbonyl (C=O) groups excluding carboxylic acids is 1. The number of urea groups is 1. The Morgan fingerprint density at radius 2 is 2.15 bits per heavy atom. The second-order valence-electron chi connectivity index (χ2n) is 4.28. The van der Waals surface area contributed by atoms with E-state index in [0.717, 1.165) is 24.3 Å². The minimum atomic E-state index is -1.34. The molecule has 0 saturated carbocycles. The number of halogens is 1. The predicted octanol–water partition coefficient (Wildman–Crippen LogP) is 2.79. The summed E-state index contributed by atoms with van der Waals surface area (Å²) in [5.74, 6) is -1.29. The maximum Gasteiger partial charge on any atom is 0.338 e. The van der Waals surface area contributed by atoms with Crippen molar-refractivity contribution in [1.82, 2.24) is 5.32 Å². The molecule has 0 aliphatic heterocycles. The molecule has 0 saturated heterocycles. The first-order valence-electron chi connectivity index (χ1n) is 6.03. The Morgan fingerprint density at radius 3 is 2.70 bits per heavy atom. The van der Waals surface area contributed by atoms with E-state index in [2.05, 4.69) is 10.6 Å². The SMILES string of the molecule is CSCCC(C)NC(=O)Nc1ccc(C(=O)O)c(F)c1.